The number of nitrogens with one attached hydrogen (secondary N) is 2. The lowest BCUT2D eigenvalue weighted by Gasteiger charge is -2.19. The molecule has 0 bridgehead atoms. The van der Waals surface area contributed by atoms with E-state index in [1.807, 2.05) is 19.1 Å². The number of nitrogens with zero attached hydrogens (tertiary/aromatic N) is 1. The van der Waals surface area contributed by atoms with Gasteiger partial charge in [0.05, 0.1) is 6.61 Å². The van der Waals surface area contributed by atoms with Gasteiger partial charge in [-0.25, -0.2) is 8.42 Å². The van der Waals surface area contributed by atoms with Crippen LogP contribution in [0.3, 0.4) is 0 Å². The van der Waals surface area contributed by atoms with Gasteiger partial charge in [-0.1, -0.05) is 0 Å². The second-order valence-corrected chi connectivity index (χ2v) is 10.6. The highest BCUT2D eigenvalue weighted by molar-refractivity contribution is 7.89. The molecular weight excluding hydrogens is 438 g/mol. The largest absolute Gasteiger partial charge is 0.492 e. The van der Waals surface area contributed by atoms with Crippen LogP contribution in [0.25, 0.3) is 10.9 Å². The highest BCUT2D eigenvalue weighted by Crippen LogP contribution is 2.33. The Labute approximate surface area is 194 Å². The third kappa shape index (κ3) is 4.13. The maximum atomic E-state index is 13.2. The number of aromatic amines is 1. The molecule has 2 heterocycles. The number of hydrogen-bond acceptors (Lipinski definition) is 4. The van der Waals surface area contributed by atoms with Crippen molar-refractivity contribution in [3.8, 4) is 5.75 Å². The van der Waals surface area contributed by atoms with Gasteiger partial charge in [0.1, 0.15) is 10.6 Å². The van der Waals surface area contributed by atoms with E-state index >= 15 is 0 Å². The molecule has 7 nitrogen and oxygen atoms in total. The van der Waals surface area contributed by atoms with Crippen molar-refractivity contribution in [3.05, 3.63) is 53.2 Å². The van der Waals surface area contributed by atoms with Gasteiger partial charge in [0, 0.05) is 40.9 Å². The number of rotatable bonds is 6. The molecule has 0 spiro atoms. The fourth-order valence-corrected chi connectivity index (χ4v) is 6.55. The number of aromatic nitrogens is 1. The number of carbonyl (C=O) groups is 1. The highest BCUT2D eigenvalue weighted by Gasteiger charge is 2.30. The minimum Gasteiger partial charge on any atom is -0.492 e. The zero-order valence-electron chi connectivity index (χ0n) is 18.8. The van der Waals surface area contributed by atoms with Gasteiger partial charge in [-0.05, 0) is 87.4 Å². The molecule has 174 valence electrons. The molecule has 0 atom stereocenters. The normalized spacial score (nSPS) is 16.6. The molecule has 8 heteroatoms. The molecule has 2 aliphatic rings. The predicted octanol–water partition coefficient (Wildman–Crippen LogP) is 4.48. The topological polar surface area (TPSA) is 91.5 Å². The fourth-order valence-electron chi connectivity index (χ4n) is 4.88. The van der Waals surface area contributed by atoms with Crippen LogP contribution in [0.4, 0.5) is 5.69 Å². The second kappa shape index (κ2) is 8.83. The van der Waals surface area contributed by atoms with Gasteiger partial charge >= 0.3 is 0 Å². The maximum Gasteiger partial charge on any atom is 0.255 e. The summed E-state index contributed by atoms with van der Waals surface area (Å²) in [5.74, 6) is 0.0408. The van der Waals surface area contributed by atoms with E-state index in [4.69, 9.17) is 4.74 Å². The first-order valence-electron chi connectivity index (χ1n) is 11.7. The first-order valence-corrected chi connectivity index (χ1v) is 13.1. The highest BCUT2D eigenvalue weighted by atomic mass is 32.2. The van der Waals surface area contributed by atoms with Crippen LogP contribution in [0.15, 0.2) is 41.3 Å². The number of H-pyrrole nitrogens is 1. The van der Waals surface area contributed by atoms with E-state index in [2.05, 4.69) is 10.3 Å². The van der Waals surface area contributed by atoms with Crippen LogP contribution < -0.4 is 10.1 Å². The van der Waals surface area contributed by atoms with Crippen LogP contribution in [0.5, 0.6) is 5.75 Å². The number of fused-ring (bicyclic) bond motifs is 3. The maximum absolute atomic E-state index is 13.2. The molecule has 1 saturated heterocycles. The number of carbonyl (C=O) groups excluding carboxylic acids is 1. The van der Waals surface area contributed by atoms with Crippen LogP contribution in [0.1, 0.15) is 54.2 Å². The summed E-state index contributed by atoms with van der Waals surface area (Å²) in [6.07, 6.45) is 6.13. The second-order valence-electron chi connectivity index (χ2n) is 8.71. The van der Waals surface area contributed by atoms with Crippen LogP contribution in [-0.4, -0.2) is 43.3 Å². The quantitative estimate of drug-likeness (QED) is 0.559. The number of benzene rings is 2. The molecule has 1 fully saturated rings. The molecule has 2 aromatic carbocycles. The van der Waals surface area contributed by atoms with Gasteiger partial charge in [-0.3, -0.25) is 4.79 Å². The Morgan fingerprint density at radius 2 is 1.85 bits per heavy atom. The summed E-state index contributed by atoms with van der Waals surface area (Å²) in [6.45, 7) is 3.18. The zero-order chi connectivity index (χ0) is 23.0. The first kappa shape index (κ1) is 22.0. The summed E-state index contributed by atoms with van der Waals surface area (Å²) < 4.78 is 33.5. The molecule has 1 aromatic heterocycles. The molecule has 3 aromatic rings. The van der Waals surface area contributed by atoms with Gasteiger partial charge in [-0.15, -0.1) is 0 Å². The van der Waals surface area contributed by atoms with Crippen molar-refractivity contribution >= 4 is 32.5 Å². The van der Waals surface area contributed by atoms with Crippen molar-refractivity contribution in [2.24, 2.45) is 0 Å². The van der Waals surface area contributed by atoms with Gasteiger partial charge < -0.3 is 15.0 Å². The van der Waals surface area contributed by atoms with Crippen molar-refractivity contribution in [3.63, 3.8) is 0 Å². The number of amides is 1. The van der Waals surface area contributed by atoms with E-state index in [0.717, 1.165) is 43.0 Å². The van der Waals surface area contributed by atoms with Crippen molar-refractivity contribution in [2.75, 3.05) is 25.0 Å². The molecular formula is C25H29N3O4S. The monoisotopic (exact) mass is 467 g/mol. The van der Waals surface area contributed by atoms with Crippen LogP contribution in [0.2, 0.25) is 0 Å². The zero-order valence-corrected chi connectivity index (χ0v) is 19.6. The Bertz CT molecular complexity index is 1310. The Hall–Kier alpha value is -2.84. The van der Waals surface area contributed by atoms with E-state index in [9.17, 15) is 13.2 Å². The van der Waals surface area contributed by atoms with Crippen molar-refractivity contribution in [1.29, 1.82) is 0 Å². The lowest BCUT2D eigenvalue weighted by atomic mass is 9.95. The fraction of sp³-hybridized carbons (Fsp3) is 0.400. The molecule has 33 heavy (non-hydrogen) atoms. The SMILES string of the molecule is CCOc1ccc(NC(=O)c2ccc3[nH]c4c(c3c2)CCCC4)cc1S(=O)(=O)N1CCCC1. The summed E-state index contributed by atoms with van der Waals surface area (Å²) in [5, 5.41) is 3.98. The van der Waals surface area contributed by atoms with Crippen LogP contribution in [-0.2, 0) is 22.9 Å². The average Bonchev–Trinajstić information content (AvgIpc) is 3.48. The van der Waals surface area contributed by atoms with Gasteiger partial charge in [-0.2, -0.15) is 4.31 Å². The summed E-state index contributed by atoms with van der Waals surface area (Å²) in [6, 6.07) is 10.5. The third-order valence-corrected chi connectivity index (χ3v) is 8.46. The van der Waals surface area contributed by atoms with Crippen LogP contribution >= 0.6 is 0 Å². The standard InChI is InChI=1S/C25H29N3O4S/c1-2-32-23-12-10-18(16-24(23)33(30,31)28-13-5-6-14-28)26-25(29)17-9-11-22-20(15-17)19-7-3-4-8-21(19)27-22/h9-12,15-16,27H,2-8,13-14H2,1H3,(H,26,29). The van der Waals surface area contributed by atoms with Crippen molar-refractivity contribution < 1.29 is 17.9 Å². The molecule has 1 amide bonds. The minimum atomic E-state index is -3.69. The lowest BCUT2D eigenvalue weighted by molar-refractivity contribution is 0.102. The van der Waals surface area contributed by atoms with E-state index < -0.39 is 10.0 Å². The van der Waals surface area contributed by atoms with E-state index in [-0.39, 0.29) is 10.8 Å². The summed E-state index contributed by atoms with van der Waals surface area (Å²) >= 11 is 0. The molecule has 0 radical (unpaired) electrons. The molecule has 1 aliphatic carbocycles. The number of ether oxygens (including phenoxy) is 1. The Kier molecular flexibility index (Phi) is 5.88. The molecule has 0 unspecified atom stereocenters. The molecule has 0 saturated carbocycles. The van der Waals surface area contributed by atoms with Crippen molar-refractivity contribution in [2.45, 2.75) is 50.3 Å². The number of anilines is 1. The number of sulfonamides is 1. The molecule has 2 N–H and O–H groups in total. The summed E-state index contributed by atoms with van der Waals surface area (Å²) in [7, 11) is -3.69. The smallest absolute Gasteiger partial charge is 0.255 e. The Morgan fingerprint density at radius 3 is 2.64 bits per heavy atom. The predicted molar refractivity (Wildman–Crippen MR) is 128 cm³/mol. The Balaban J connectivity index is 1.44. The number of hydrogen-bond donors (Lipinski definition) is 2. The minimum absolute atomic E-state index is 0.0965. The Morgan fingerprint density at radius 1 is 1.06 bits per heavy atom. The van der Waals surface area contributed by atoms with Gasteiger partial charge in [0.25, 0.3) is 5.91 Å². The van der Waals surface area contributed by atoms with Gasteiger partial charge in [0.15, 0.2) is 0 Å². The van der Waals surface area contributed by atoms with Gasteiger partial charge in [0.2, 0.25) is 10.0 Å². The number of aryl methyl sites for hydroxylation is 2. The van der Waals surface area contributed by atoms with E-state index in [1.54, 1.807) is 18.2 Å². The van der Waals surface area contributed by atoms with E-state index in [0.29, 0.717) is 36.7 Å². The molecule has 1 aliphatic heterocycles. The first-order chi connectivity index (χ1) is 16.0. The van der Waals surface area contributed by atoms with E-state index in [1.165, 1.54) is 28.0 Å². The average molecular weight is 468 g/mol. The summed E-state index contributed by atoms with van der Waals surface area (Å²) in [4.78, 5) is 16.6. The third-order valence-electron chi connectivity index (χ3n) is 6.54. The van der Waals surface area contributed by atoms with Crippen molar-refractivity contribution in [1.82, 2.24) is 9.29 Å². The summed E-state index contributed by atoms with van der Waals surface area (Å²) in [5.41, 5.74) is 4.62. The lowest BCUT2D eigenvalue weighted by Crippen LogP contribution is -2.28. The van der Waals surface area contributed by atoms with Crippen LogP contribution in [0, 0.1) is 0 Å². The molecule has 5 rings (SSSR count).